The van der Waals surface area contributed by atoms with E-state index in [-0.39, 0.29) is 6.09 Å². The minimum absolute atomic E-state index is 0.211. The topological polar surface area (TPSA) is 45.3 Å². The molecule has 2 heterocycles. The van der Waals surface area contributed by atoms with Gasteiger partial charge in [0.2, 0.25) is 0 Å². The molecule has 0 radical (unpaired) electrons. The molecule has 4 heteroatoms. The summed E-state index contributed by atoms with van der Waals surface area (Å²) in [5, 5.41) is 1.24. The monoisotopic (exact) mass is 286 g/mol. The summed E-state index contributed by atoms with van der Waals surface area (Å²) >= 11 is 0. The summed E-state index contributed by atoms with van der Waals surface area (Å²) < 4.78 is 5.12. The van der Waals surface area contributed by atoms with Crippen molar-refractivity contribution in [3.63, 3.8) is 0 Å². The normalized spacial score (nSPS) is 14.6. The highest BCUT2D eigenvalue weighted by Crippen LogP contribution is 2.30. The number of nitrogens with one attached hydrogen (secondary N) is 1. The molecular weight excluding hydrogens is 264 g/mol. The first-order valence-corrected chi connectivity index (χ1v) is 7.65. The molecule has 1 amide bonds. The first-order valence-electron chi connectivity index (χ1n) is 7.65. The molecule has 0 fully saturated rings. The molecule has 0 atom stereocenters. The number of carbonyl (C=O) groups excluding carboxylic acids is 1. The molecular formula is C17H22N2O2. The largest absolute Gasteiger partial charge is 0.450 e. The third-order valence-corrected chi connectivity index (χ3v) is 4.19. The van der Waals surface area contributed by atoms with E-state index in [0.29, 0.717) is 19.1 Å². The van der Waals surface area contributed by atoms with E-state index in [1.807, 2.05) is 6.92 Å². The number of aromatic nitrogens is 1. The fourth-order valence-corrected chi connectivity index (χ4v) is 2.96. The molecule has 1 N–H and O–H groups in total. The van der Waals surface area contributed by atoms with Crippen molar-refractivity contribution in [2.24, 2.45) is 0 Å². The SMILES string of the molecule is CCOC(=O)N1CCc2[nH]c3ccc(C(C)C)cc3c2C1. The average Bonchev–Trinajstić information content (AvgIpc) is 2.84. The summed E-state index contributed by atoms with van der Waals surface area (Å²) in [6.45, 7) is 8.02. The maximum Gasteiger partial charge on any atom is 0.410 e. The maximum absolute atomic E-state index is 11.9. The van der Waals surface area contributed by atoms with E-state index < -0.39 is 0 Å². The van der Waals surface area contributed by atoms with Crippen molar-refractivity contribution in [3.8, 4) is 0 Å². The number of ether oxygens (including phenoxy) is 1. The Morgan fingerprint density at radius 3 is 2.95 bits per heavy atom. The van der Waals surface area contributed by atoms with E-state index in [1.165, 1.54) is 22.2 Å². The van der Waals surface area contributed by atoms with Crippen LogP contribution in [0.3, 0.4) is 0 Å². The maximum atomic E-state index is 11.9. The van der Waals surface area contributed by atoms with Crippen LogP contribution < -0.4 is 0 Å². The predicted molar refractivity (Wildman–Crippen MR) is 83.5 cm³/mol. The van der Waals surface area contributed by atoms with Crippen LogP contribution in [0.5, 0.6) is 0 Å². The van der Waals surface area contributed by atoms with Crippen molar-refractivity contribution in [3.05, 3.63) is 35.0 Å². The molecule has 0 bridgehead atoms. The first kappa shape index (κ1) is 14.0. The lowest BCUT2D eigenvalue weighted by atomic mass is 9.98. The third kappa shape index (κ3) is 2.50. The number of hydrogen-bond acceptors (Lipinski definition) is 2. The summed E-state index contributed by atoms with van der Waals surface area (Å²) in [6, 6.07) is 6.58. The Morgan fingerprint density at radius 2 is 2.24 bits per heavy atom. The van der Waals surface area contributed by atoms with Gasteiger partial charge in [0, 0.05) is 35.1 Å². The van der Waals surface area contributed by atoms with Gasteiger partial charge >= 0.3 is 6.09 Å². The smallest absolute Gasteiger partial charge is 0.410 e. The lowest BCUT2D eigenvalue weighted by Crippen LogP contribution is -2.36. The number of aromatic amines is 1. The summed E-state index contributed by atoms with van der Waals surface area (Å²) in [5.41, 5.74) is 4.99. The second-order valence-corrected chi connectivity index (χ2v) is 5.91. The molecule has 1 aliphatic heterocycles. The lowest BCUT2D eigenvalue weighted by Gasteiger charge is -2.26. The number of nitrogens with zero attached hydrogens (tertiary/aromatic N) is 1. The fourth-order valence-electron chi connectivity index (χ4n) is 2.96. The van der Waals surface area contributed by atoms with Gasteiger partial charge in [0.1, 0.15) is 0 Å². The molecule has 0 unspecified atom stereocenters. The Kier molecular flexibility index (Phi) is 3.62. The molecule has 0 aliphatic carbocycles. The molecule has 3 rings (SSSR count). The fraction of sp³-hybridized carbons (Fsp3) is 0.471. The first-order chi connectivity index (χ1) is 10.1. The third-order valence-electron chi connectivity index (χ3n) is 4.19. The van der Waals surface area contributed by atoms with Crippen molar-refractivity contribution in [1.29, 1.82) is 0 Å². The van der Waals surface area contributed by atoms with Gasteiger partial charge in [-0.3, -0.25) is 0 Å². The van der Waals surface area contributed by atoms with E-state index in [2.05, 4.69) is 37.0 Å². The van der Waals surface area contributed by atoms with E-state index in [0.717, 1.165) is 18.5 Å². The lowest BCUT2D eigenvalue weighted by molar-refractivity contribution is 0.103. The van der Waals surface area contributed by atoms with Gasteiger partial charge in [-0.2, -0.15) is 0 Å². The van der Waals surface area contributed by atoms with Crippen molar-refractivity contribution >= 4 is 17.0 Å². The summed E-state index contributed by atoms with van der Waals surface area (Å²) in [4.78, 5) is 17.2. The second-order valence-electron chi connectivity index (χ2n) is 5.91. The summed E-state index contributed by atoms with van der Waals surface area (Å²) in [5.74, 6) is 0.504. The van der Waals surface area contributed by atoms with E-state index in [4.69, 9.17) is 4.74 Å². The van der Waals surface area contributed by atoms with Gasteiger partial charge in [-0.15, -0.1) is 0 Å². The zero-order valence-corrected chi connectivity index (χ0v) is 12.9. The van der Waals surface area contributed by atoms with Gasteiger partial charge in [-0.05, 0) is 30.5 Å². The van der Waals surface area contributed by atoms with Crippen LogP contribution in [0.4, 0.5) is 4.79 Å². The Bertz CT molecular complexity index is 673. The number of benzene rings is 1. The molecule has 0 saturated carbocycles. The minimum Gasteiger partial charge on any atom is -0.450 e. The molecule has 0 saturated heterocycles. The van der Waals surface area contributed by atoms with Crippen LogP contribution in [0.15, 0.2) is 18.2 Å². The summed E-state index contributed by atoms with van der Waals surface area (Å²) in [6.07, 6.45) is 0.650. The zero-order chi connectivity index (χ0) is 15.0. The van der Waals surface area contributed by atoms with Gasteiger partial charge in [0.25, 0.3) is 0 Å². The Labute approximate surface area is 125 Å². The van der Waals surface area contributed by atoms with Crippen molar-refractivity contribution < 1.29 is 9.53 Å². The highest BCUT2D eigenvalue weighted by Gasteiger charge is 2.24. The number of rotatable bonds is 2. The molecule has 21 heavy (non-hydrogen) atoms. The van der Waals surface area contributed by atoms with Crippen LogP contribution in [-0.4, -0.2) is 29.1 Å². The van der Waals surface area contributed by atoms with Gasteiger partial charge in [0.15, 0.2) is 0 Å². The summed E-state index contributed by atoms with van der Waals surface area (Å²) in [7, 11) is 0. The molecule has 1 aliphatic rings. The molecule has 0 spiro atoms. The Morgan fingerprint density at radius 1 is 1.43 bits per heavy atom. The van der Waals surface area contributed by atoms with Crippen LogP contribution >= 0.6 is 0 Å². The number of hydrogen-bond donors (Lipinski definition) is 1. The minimum atomic E-state index is -0.211. The van der Waals surface area contributed by atoms with Crippen molar-refractivity contribution in [2.45, 2.75) is 39.7 Å². The molecule has 112 valence electrons. The molecule has 1 aromatic heterocycles. The van der Waals surface area contributed by atoms with E-state index in [1.54, 1.807) is 4.90 Å². The number of H-pyrrole nitrogens is 1. The number of amides is 1. The van der Waals surface area contributed by atoms with Crippen molar-refractivity contribution in [2.75, 3.05) is 13.2 Å². The van der Waals surface area contributed by atoms with E-state index >= 15 is 0 Å². The zero-order valence-electron chi connectivity index (χ0n) is 12.9. The molecule has 2 aromatic rings. The van der Waals surface area contributed by atoms with Crippen LogP contribution in [0.25, 0.3) is 10.9 Å². The Balaban J connectivity index is 1.97. The van der Waals surface area contributed by atoms with Crippen molar-refractivity contribution in [1.82, 2.24) is 9.88 Å². The number of fused-ring (bicyclic) bond motifs is 3. The second kappa shape index (κ2) is 5.43. The highest BCUT2D eigenvalue weighted by molar-refractivity contribution is 5.86. The molecule has 1 aromatic carbocycles. The Hall–Kier alpha value is -1.97. The van der Waals surface area contributed by atoms with Gasteiger partial charge in [-0.1, -0.05) is 19.9 Å². The predicted octanol–water partition coefficient (Wildman–Crippen LogP) is 3.81. The average molecular weight is 286 g/mol. The standard InChI is InChI=1S/C17H22N2O2/c1-4-21-17(20)19-8-7-16-14(10-19)13-9-12(11(2)3)5-6-15(13)18-16/h5-6,9,11,18H,4,7-8,10H2,1-3H3. The van der Waals surface area contributed by atoms with Crippen LogP contribution in [0, 0.1) is 0 Å². The van der Waals surface area contributed by atoms with Crippen LogP contribution in [0.1, 0.15) is 43.5 Å². The van der Waals surface area contributed by atoms with Gasteiger partial charge in [0.05, 0.1) is 13.2 Å². The molecule has 4 nitrogen and oxygen atoms in total. The van der Waals surface area contributed by atoms with E-state index in [9.17, 15) is 4.79 Å². The highest BCUT2D eigenvalue weighted by atomic mass is 16.6. The van der Waals surface area contributed by atoms with Crippen LogP contribution in [-0.2, 0) is 17.7 Å². The van der Waals surface area contributed by atoms with Crippen LogP contribution in [0.2, 0.25) is 0 Å². The quantitative estimate of drug-likeness (QED) is 0.912. The van der Waals surface area contributed by atoms with Gasteiger partial charge in [-0.25, -0.2) is 4.79 Å². The van der Waals surface area contributed by atoms with Gasteiger partial charge < -0.3 is 14.6 Å². The number of carbonyl (C=O) groups is 1.